The van der Waals surface area contributed by atoms with Crippen LogP contribution in [0.1, 0.15) is 0 Å². The smallest absolute Gasteiger partial charge is 0.165 e. The van der Waals surface area contributed by atoms with Crippen LogP contribution in [0, 0.1) is 5.82 Å². The topological polar surface area (TPSA) is 72.2 Å². The number of aromatic nitrogens is 1. The summed E-state index contributed by atoms with van der Waals surface area (Å²) in [5, 5.41) is 3.03. The van der Waals surface area contributed by atoms with Gasteiger partial charge in [-0.15, -0.1) is 0 Å². The van der Waals surface area contributed by atoms with Gasteiger partial charge < -0.3 is 15.5 Å². The van der Waals surface area contributed by atoms with Crippen LogP contribution in [0.3, 0.4) is 0 Å². The minimum Gasteiger partial charge on any atom is -0.494 e. The van der Waals surface area contributed by atoms with Gasteiger partial charge in [-0.3, -0.25) is 0 Å². The molecule has 0 aliphatic heterocycles. The van der Waals surface area contributed by atoms with Crippen LogP contribution >= 0.6 is 0 Å². The van der Waals surface area contributed by atoms with E-state index >= 15 is 0 Å². The molecule has 94 valence electrons. The normalized spacial score (nSPS) is 9.94. The first-order chi connectivity index (χ1) is 8.72. The minimum absolute atomic E-state index is 0.174. The Labute approximate surface area is 104 Å². The van der Waals surface area contributed by atoms with E-state index < -0.39 is 5.82 Å². The number of rotatable bonds is 4. The number of nitrogens with one attached hydrogen (secondary N) is 2. The zero-order valence-electron chi connectivity index (χ0n) is 9.77. The molecule has 0 atom stereocenters. The lowest BCUT2D eigenvalue weighted by Crippen LogP contribution is -2.08. The number of nitrogen functional groups attached to an aromatic ring is 1. The Morgan fingerprint density at radius 3 is 2.72 bits per heavy atom. The van der Waals surface area contributed by atoms with Crippen LogP contribution in [0.5, 0.6) is 5.75 Å². The molecule has 0 unspecified atom stereocenters. The molecule has 0 fully saturated rings. The third-order valence-corrected chi connectivity index (χ3v) is 2.32. The van der Waals surface area contributed by atoms with Crippen LogP contribution in [0.2, 0.25) is 0 Å². The molecule has 4 N–H and O–H groups in total. The number of halogens is 1. The van der Waals surface area contributed by atoms with E-state index in [4.69, 9.17) is 10.6 Å². The number of pyridine rings is 1. The van der Waals surface area contributed by atoms with E-state index in [0.717, 1.165) is 0 Å². The molecule has 0 saturated carbocycles. The Morgan fingerprint density at radius 2 is 2.00 bits per heavy atom. The van der Waals surface area contributed by atoms with Gasteiger partial charge in [0, 0.05) is 11.8 Å². The predicted molar refractivity (Wildman–Crippen MR) is 68.3 cm³/mol. The first-order valence-corrected chi connectivity index (χ1v) is 5.27. The van der Waals surface area contributed by atoms with Gasteiger partial charge in [0.25, 0.3) is 0 Å². The van der Waals surface area contributed by atoms with Crippen molar-refractivity contribution in [1.82, 2.24) is 4.98 Å². The lowest BCUT2D eigenvalue weighted by molar-refractivity contribution is 0.387. The van der Waals surface area contributed by atoms with E-state index in [-0.39, 0.29) is 5.75 Å². The molecule has 2 aromatic rings. The summed E-state index contributed by atoms with van der Waals surface area (Å²) in [5.74, 6) is 6.17. The van der Waals surface area contributed by atoms with Crippen LogP contribution in [0.25, 0.3) is 0 Å². The van der Waals surface area contributed by atoms with Crippen LogP contribution < -0.4 is 21.3 Å². The molecule has 1 aromatic carbocycles. The van der Waals surface area contributed by atoms with Crippen LogP contribution in [0.4, 0.5) is 21.7 Å². The zero-order valence-corrected chi connectivity index (χ0v) is 9.77. The van der Waals surface area contributed by atoms with Gasteiger partial charge in [-0.1, -0.05) is 6.07 Å². The first-order valence-electron chi connectivity index (χ1n) is 5.27. The number of hydrogen-bond acceptors (Lipinski definition) is 5. The van der Waals surface area contributed by atoms with Crippen LogP contribution in [-0.2, 0) is 0 Å². The first kappa shape index (κ1) is 12.1. The van der Waals surface area contributed by atoms with Crippen molar-refractivity contribution in [2.45, 2.75) is 0 Å². The quantitative estimate of drug-likeness (QED) is 0.571. The molecular weight excluding hydrogens is 235 g/mol. The van der Waals surface area contributed by atoms with E-state index in [1.165, 1.54) is 13.2 Å². The lowest BCUT2D eigenvalue weighted by Gasteiger charge is -2.09. The number of benzene rings is 1. The van der Waals surface area contributed by atoms with Crippen molar-refractivity contribution < 1.29 is 9.13 Å². The summed E-state index contributed by atoms with van der Waals surface area (Å²) in [6.45, 7) is 0. The summed E-state index contributed by atoms with van der Waals surface area (Å²) >= 11 is 0. The van der Waals surface area contributed by atoms with E-state index in [2.05, 4.69) is 15.7 Å². The zero-order chi connectivity index (χ0) is 13.0. The predicted octanol–water partition coefficient (Wildman–Crippen LogP) is 2.26. The van der Waals surface area contributed by atoms with Gasteiger partial charge in [0.2, 0.25) is 0 Å². The number of methoxy groups -OCH3 is 1. The molecule has 5 nitrogen and oxygen atoms in total. The van der Waals surface area contributed by atoms with Gasteiger partial charge in [-0.2, -0.15) is 0 Å². The Kier molecular flexibility index (Phi) is 3.59. The van der Waals surface area contributed by atoms with Crippen molar-refractivity contribution in [1.29, 1.82) is 0 Å². The van der Waals surface area contributed by atoms with Crippen molar-refractivity contribution in [3.63, 3.8) is 0 Å². The molecule has 0 bridgehead atoms. The Bertz CT molecular complexity index is 547. The van der Waals surface area contributed by atoms with Crippen LogP contribution in [0.15, 0.2) is 36.4 Å². The average molecular weight is 248 g/mol. The highest BCUT2D eigenvalue weighted by Gasteiger charge is 2.04. The van der Waals surface area contributed by atoms with Crippen molar-refractivity contribution in [3.8, 4) is 5.75 Å². The molecular formula is C12H13FN4O. The number of anilines is 3. The summed E-state index contributed by atoms with van der Waals surface area (Å²) in [6.07, 6.45) is 0. The summed E-state index contributed by atoms with van der Waals surface area (Å²) in [5.41, 5.74) is 3.12. The standard InChI is InChI=1S/C12H13FN4O/c1-18-10-7-8(5-6-9(10)13)15-11-3-2-4-12(16-11)17-14/h2-7H,14H2,1H3,(H2,15,16,17). The molecule has 0 saturated heterocycles. The lowest BCUT2D eigenvalue weighted by atomic mass is 10.3. The minimum atomic E-state index is -0.409. The Balaban J connectivity index is 2.22. The van der Waals surface area contributed by atoms with E-state index in [9.17, 15) is 4.39 Å². The summed E-state index contributed by atoms with van der Waals surface area (Å²) < 4.78 is 18.1. The molecule has 6 heteroatoms. The number of nitrogens with two attached hydrogens (primary N) is 1. The molecule has 0 aliphatic carbocycles. The molecule has 18 heavy (non-hydrogen) atoms. The fourth-order valence-corrected chi connectivity index (χ4v) is 1.47. The summed E-state index contributed by atoms with van der Waals surface area (Å²) in [7, 11) is 1.42. The van der Waals surface area contributed by atoms with Gasteiger partial charge in [0.05, 0.1) is 7.11 Å². The van der Waals surface area contributed by atoms with Gasteiger partial charge in [0.15, 0.2) is 11.6 Å². The van der Waals surface area contributed by atoms with Gasteiger partial charge in [0.1, 0.15) is 11.6 Å². The maximum absolute atomic E-state index is 13.2. The number of nitrogens with zero attached hydrogens (tertiary/aromatic N) is 1. The Hall–Kier alpha value is -2.34. The second-order valence-electron chi connectivity index (χ2n) is 3.53. The second kappa shape index (κ2) is 5.33. The number of hydrogen-bond donors (Lipinski definition) is 3. The molecule has 2 rings (SSSR count). The Morgan fingerprint density at radius 1 is 1.22 bits per heavy atom. The third kappa shape index (κ3) is 2.67. The van der Waals surface area contributed by atoms with Crippen molar-refractivity contribution in [2.24, 2.45) is 5.84 Å². The van der Waals surface area contributed by atoms with Crippen molar-refractivity contribution in [2.75, 3.05) is 17.9 Å². The third-order valence-electron chi connectivity index (χ3n) is 2.32. The van der Waals surface area contributed by atoms with Crippen LogP contribution in [-0.4, -0.2) is 12.1 Å². The van der Waals surface area contributed by atoms with Gasteiger partial charge >= 0.3 is 0 Å². The van der Waals surface area contributed by atoms with E-state index in [1.54, 1.807) is 30.3 Å². The summed E-state index contributed by atoms with van der Waals surface area (Å²) in [6, 6.07) is 9.78. The fourth-order valence-electron chi connectivity index (χ4n) is 1.47. The van der Waals surface area contributed by atoms with Gasteiger partial charge in [-0.25, -0.2) is 15.2 Å². The van der Waals surface area contributed by atoms with Crippen molar-refractivity contribution in [3.05, 3.63) is 42.2 Å². The average Bonchev–Trinajstić information content (AvgIpc) is 2.41. The SMILES string of the molecule is COc1cc(Nc2cccc(NN)n2)ccc1F. The second-order valence-corrected chi connectivity index (χ2v) is 3.53. The van der Waals surface area contributed by atoms with E-state index in [0.29, 0.717) is 17.3 Å². The molecule has 0 spiro atoms. The molecule has 0 amide bonds. The highest BCUT2D eigenvalue weighted by molar-refractivity contribution is 5.59. The van der Waals surface area contributed by atoms with E-state index in [1.807, 2.05) is 0 Å². The highest BCUT2D eigenvalue weighted by atomic mass is 19.1. The van der Waals surface area contributed by atoms with Crippen molar-refractivity contribution >= 4 is 17.3 Å². The van der Waals surface area contributed by atoms with Gasteiger partial charge in [-0.05, 0) is 24.3 Å². The summed E-state index contributed by atoms with van der Waals surface area (Å²) in [4.78, 5) is 4.18. The fraction of sp³-hybridized carbons (Fsp3) is 0.0833. The maximum Gasteiger partial charge on any atom is 0.165 e. The number of hydrazine groups is 1. The molecule has 1 aromatic heterocycles. The highest BCUT2D eigenvalue weighted by Crippen LogP contribution is 2.23. The number of ether oxygens (including phenoxy) is 1. The molecule has 0 radical (unpaired) electrons. The molecule has 1 heterocycles. The largest absolute Gasteiger partial charge is 0.494 e. The monoisotopic (exact) mass is 248 g/mol. The molecule has 0 aliphatic rings. The maximum atomic E-state index is 13.2.